The van der Waals surface area contributed by atoms with Crippen LogP contribution in [0, 0.1) is 13.8 Å². The Bertz CT molecular complexity index is 586. The van der Waals surface area contributed by atoms with E-state index in [1.807, 2.05) is 13.0 Å². The van der Waals surface area contributed by atoms with Crippen molar-refractivity contribution in [3.05, 3.63) is 47.3 Å². The fourth-order valence-corrected chi connectivity index (χ4v) is 2.04. The summed E-state index contributed by atoms with van der Waals surface area (Å²) in [6, 6.07) is 10.3. The zero-order valence-corrected chi connectivity index (χ0v) is 12.8. The maximum absolute atomic E-state index is 5.02. The summed E-state index contributed by atoms with van der Waals surface area (Å²) in [5, 5.41) is 6.56. The van der Waals surface area contributed by atoms with Gasteiger partial charge in [-0.15, -0.1) is 0 Å². The molecule has 112 valence electrons. The summed E-state index contributed by atoms with van der Waals surface area (Å²) < 4.78 is 5.02. The Labute approximate surface area is 125 Å². The van der Waals surface area contributed by atoms with E-state index in [1.54, 1.807) is 7.11 Å². The Morgan fingerprint density at radius 3 is 2.52 bits per heavy atom. The zero-order valence-electron chi connectivity index (χ0n) is 12.8. The lowest BCUT2D eigenvalue weighted by Crippen LogP contribution is -2.11. The van der Waals surface area contributed by atoms with Gasteiger partial charge in [-0.1, -0.05) is 29.8 Å². The zero-order chi connectivity index (χ0) is 15.1. The number of ether oxygens (including phenoxy) is 1. The van der Waals surface area contributed by atoms with Crippen molar-refractivity contribution in [3.63, 3.8) is 0 Å². The maximum atomic E-state index is 5.02. The Morgan fingerprint density at radius 2 is 1.81 bits per heavy atom. The predicted molar refractivity (Wildman–Crippen MR) is 85.6 cm³/mol. The lowest BCUT2D eigenvalue weighted by atomic mass is 10.1. The first-order valence-electron chi connectivity index (χ1n) is 7.05. The van der Waals surface area contributed by atoms with Crippen LogP contribution in [0.4, 0.5) is 11.6 Å². The van der Waals surface area contributed by atoms with Crippen molar-refractivity contribution in [2.24, 2.45) is 0 Å². The van der Waals surface area contributed by atoms with Gasteiger partial charge in [0, 0.05) is 26.3 Å². The normalized spacial score (nSPS) is 10.4. The van der Waals surface area contributed by atoms with E-state index in [-0.39, 0.29) is 0 Å². The number of anilines is 2. The first-order chi connectivity index (χ1) is 10.2. The quantitative estimate of drug-likeness (QED) is 0.766. The number of nitrogens with zero attached hydrogens (tertiary/aromatic N) is 2. The summed E-state index contributed by atoms with van der Waals surface area (Å²) in [6.45, 7) is 6.10. The smallest absolute Gasteiger partial charge is 0.132 e. The van der Waals surface area contributed by atoms with E-state index < -0.39 is 0 Å². The van der Waals surface area contributed by atoms with Crippen molar-refractivity contribution in [1.82, 2.24) is 9.97 Å². The molecule has 0 unspecified atom stereocenters. The summed E-state index contributed by atoms with van der Waals surface area (Å²) in [4.78, 5) is 8.76. The average molecular weight is 286 g/mol. The van der Waals surface area contributed by atoms with Crippen LogP contribution in [0.2, 0.25) is 0 Å². The van der Waals surface area contributed by atoms with Gasteiger partial charge in [0.15, 0.2) is 0 Å². The van der Waals surface area contributed by atoms with Gasteiger partial charge in [-0.05, 0) is 19.4 Å². The van der Waals surface area contributed by atoms with Crippen LogP contribution in [-0.2, 0) is 11.3 Å². The third kappa shape index (κ3) is 5.04. The number of rotatable bonds is 7. The van der Waals surface area contributed by atoms with Gasteiger partial charge < -0.3 is 15.4 Å². The van der Waals surface area contributed by atoms with Crippen LogP contribution in [-0.4, -0.2) is 30.2 Å². The van der Waals surface area contributed by atoms with E-state index in [2.05, 4.69) is 51.8 Å². The van der Waals surface area contributed by atoms with Crippen molar-refractivity contribution in [2.75, 3.05) is 30.9 Å². The third-order valence-corrected chi connectivity index (χ3v) is 3.01. The molecule has 0 aliphatic rings. The van der Waals surface area contributed by atoms with Crippen LogP contribution < -0.4 is 10.6 Å². The third-order valence-electron chi connectivity index (χ3n) is 3.01. The molecule has 1 aromatic heterocycles. The molecule has 1 heterocycles. The second kappa shape index (κ2) is 7.59. The van der Waals surface area contributed by atoms with E-state index in [4.69, 9.17) is 4.74 Å². The number of hydrogen-bond donors (Lipinski definition) is 2. The first kappa shape index (κ1) is 15.3. The molecule has 0 fully saturated rings. The molecule has 0 saturated carbocycles. The monoisotopic (exact) mass is 286 g/mol. The number of benzene rings is 1. The number of methoxy groups -OCH3 is 1. The largest absolute Gasteiger partial charge is 0.383 e. The van der Waals surface area contributed by atoms with Gasteiger partial charge in [0.2, 0.25) is 0 Å². The molecular formula is C16H22N4O. The molecule has 0 aliphatic heterocycles. The maximum Gasteiger partial charge on any atom is 0.132 e. The number of aryl methyl sites for hydroxylation is 2. The van der Waals surface area contributed by atoms with Crippen LogP contribution >= 0.6 is 0 Å². The van der Waals surface area contributed by atoms with E-state index in [1.165, 1.54) is 11.1 Å². The SMILES string of the molecule is COCCNc1cc(NCc2cccc(C)c2)nc(C)n1. The Balaban J connectivity index is 1.99. The second-order valence-electron chi connectivity index (χ2n) is 4.95. The Hall–Kier alpha value is -2.14. The van der Waals surface area contributed by atoms with Crippen molar-refractivity contribution in [3.8, 4) is 0 Å². The molecule has 0 radical (unpaired) electrons. The van der Waals surface area contributed by atoms with Crippen LogP contribution in [0.5, 0.6) is 0 Å². The van der Waals surface area contributed by atoms with Gasteiger partial charge in [-0.2, -0.15) is 0 Å². The predicted octanol–water partition coefficient (Wildman–Crippen LogP) is 2.76. The Morgan fingerprint density at radius 1 is 1.05 bits per heavy atom. The summed E-state index contributed by atoms with van der Waals surface area (Å²) in [7, 11) is 1.68. The molecule has 2 aromatic rings. The number of nitrogens with one attached hydrogen (secondary N) is 2. The highest BCUT2D eigenvalue weighted by Gasteiger charge is 2.02. The fourth-order valence-electron chi connectivity index (χ4n) is 2.04. The van der Waals surface area contributed by atoms with Gasteiger partial charge in [0.05, 0.1) is 6.61 Å². The van der Waals surface area contributed by atoms with Crippen molar-refractivity contribution < 1.29 is 4.74 Å². The molecule has 0 bridgehead atoms. The van der Waals surface area contributed by atoms with Gasteiger partial charge in [-0.25, -0.2) is 9.97 Å². The minimum atomic E-state index is 0.648. The molecule has 0 atom stereocenters. The molecule has 0 amide bonds. The lowest BCUT2D eigenvalue weighted by molar-refractivity contribution is 0.210. The highest BCUT2D eigenvalue weighted by Crippen LogP contribution is 2.13. The summed E-state index contributed by atoms with van der Waals surface area (Å²) in [5.74, 6) is 2.37. The number of hydrogen-bond acceptors (Lipinski definition) is 5. The number of aromatic nitrogens is 2. The van der Waals surface area contributed by atoms with Gasteiger partial charge in [0.25, 0.3) is 0 Å². The van der Waals surface area contributed by atoms with E-state index >= 15 is 0 Å². The molecular weight excluding hydrogens is 264 g/mol. The topological polar surface area (TPSA) is 59.1 Å². The minimum Gasteiger partial charge on any atom is -0.383 e. The summed E-state index contributed by atoms with van der Waals surface area (Å²) >= 11 is 0. The van der Waals surface area contributed by atoms with Crippen molar-refractivity contribution in [1.29, 1.82) is 0 Å². The highest BCUT2D eigenvalue weighted by molar-refractivity contribution is 5.47. The van der Waals surface area contributed by atoms with E-state index in [9.17, 15) is 0 Å². The molecule has 1 aromatic carbocycles. The Kier molecular flexibility index (Phi) is 5.51. The van der Waals surface area contributed by atoms with Crippen molar-refractivity contribution >= 4 is 11.6 Å². The molecule has 0 spiro atoms. The molecule has 0 aliphatic carbocycles. The standard InChI is InChI=1S/C16H22N4O/c1-12-5-4-6-14(9-12)11-18-16-10-15(17-7-8-21-3)19-13(2)20-16/h4-6,9-10H,7-8,11H2,1-3H3,(H2,17,18,19,20). The molecule has 2 N–H and O–H groups in total. The summed E-state index contributed by atoms with van der Waals surface area (Å²) in [5.41, 5.74) is 2.50. The average Bonchev–Trinajstić information content (AvgIpc) is 2.45. The van der Waals surface area contributed by atoms with Gasteiger partial charge in [-0.3, -0.25) is 0 Å². The molecule has 2 rings (SSSR count). The molecule has 0 saturated heterocycles. The van der Waals surface area contributed by atoms with Crippen LogP contribution in [0.1, 0.15) is 17.0 Å². The summed E-state index contributed by atoms with van der Waals surface area (Å²) in [6.07, 6.45) is 0. The highest BCUT2D eigenvalue weighted by atomic mass is 16.5. The fraction of sp³-hybridized carbons (Fsp3) is 0.375. The molecule has 5 nitrogen and oxygen atoms in total. The first-order valence-corrected chi connectivity index (χ1v) is 7.05. The second-order valence-corrected chi connectivity index (χ2v) is 4.95. The van der Waals surface area contributed by atoms with Gasteiger partial charge in [0.1, 0.15) is 17.5 Å². The molecule has 21 heavy (non-hydrogen) atoms. The van der Waals surface area contributed by atoms with Crippen LogP contribution in [0.25, 0.3) is 0 Å². The van der Waals surface area contributed by atoms with Crippen LogP contribution in [0.3, 0.4) is 0 Å². The van der Waals surface area contributed by atoms with Crippen molar-refractivity contribution in [2.45, 2.75) is 20.4 Å². The van der Waals surface area contributed by atoms with E-state index in [0.717, 1.165) is 30.5 Å². The lowest BCUT2D eigenvalue weighted by Gasteiger charge is -2.10. The molecule has 5 heteroatoms. The van der Waals surface area contributed by atoms with E-state index in [0.29, 0.717) is 6.61 Å². The minimum absolute atomic E-state index is 0.648. The van der Waals surface area contributed by atoms with Crippen LogP contribution in [0.15, 0.2) is 30.3 Å². The van der Waals surface area contributed by atoms with Gasteiger partial charge >= 0.3 is 0 Å².